The lowest BCUT2D eigenvalue weighted by atomic mass is 9.81. The second-order valence-electron chi connectivity index (χ2n) is 18.2. The Morgan fingerprint density at radius 3 is 2.19 bits per heavy atom. The lowest BCUT2D eigenvalue weighted by Crippen LogP contribution is -2.46. The molecule has 69 heavy (non-hydrogen) atoms. The van der Waals surface area contributed by atoms with Gasteiger partial charge >= 0.3 is 5.97 Å². The van der Waals surface area contributed by atoms with Gasteiger partial charge in [0.15, 0.2) is 5.71 Å². The Morgan fingerprint density at radius 2 is 1.51 bits per heavy atom. The maximum absolute atomic E-state index is 12.5. The molecule has 0 saturated carbocycles. The zero-order valence-electron chi connectivity index (χ0n) is 40.3. The normalized spacial score (nSPS) is 16.6. The average molecular weight is 967 g/mol. The monoisotopic (exact) mass is 966 g/mol. The van der Waals surface area contributed by atoms with E-state index in [9.17, 15) is 28.0 Å². The molecular formula is C53H64N3O12S+. The summed E-state index contributed by atoms with van der Waals surface area (Å²) in [5.74, 6) is 0.0540. The van der Waals surface area contributed by atoms with Crippen LogP contribution in [-0.2, 0) is 39.3 Å². The van der Waals surface area contributed by atoms with Crippen molar-refractivity contribution in [3.05, 3.63) is 125 Å². The molecule has 0 aliphatic carbocycles. The highest BCUT2D eigenvalue weighted by Crippen LogP contribution is 2.47. The molecule has 0 amide bonds. The number of hydrogen-bond donors (Lipinski definition) is 3. The van der Waals surface area contributed by atoms with E-state index >= 15 is 0 Å². The van der Waals surface area contributed by atoms with E-state index in [0.29, 0.717) is 89.1 Å². The van der Waals surface area contributed by atoms with Gasteiger partial charge in [-0.25, -0.2) is 4.79 Å². The van der Waals surface area contributed by atoms with Gasteiger partial charge in [0.1, 0.15) is 18.1 Å². The van der Waals surface area contributed by atoms with Crippen molar-refractivity contribution in [2.24, 2.45) is 0 Å². The van der Waals surface area contributed by atoms with E-state index in [-0.39, 0.29) is 28.6 Å². The highest BCUT2D eigenvalue weighted by Gasteiger charge is 2.45. The Hall–Kier alpha value is -6.01. The molecule has 3 N–H and O–H groups in total. The van der Waals surface area contributed by atoms with Crippen LogP contribution in [0.1, 0.15) is 82.6 Å². The molecule has 1 aromatic heterocycles. The Morgan fingerprint density at radius 1 is 0.826 bits per heavy atom. The number of aromatic nitrogens is 1. The number of fused-ring (bicyclic) bond motifs is 3. The number of methoxy groups -OCH3 is 1. The first-order valence-corrected chi connectivity index (χ1v) is 24.7. The first-order chi connectivity index (χ1) is 33.0. The van der Waals surface area contributed by atoms with Crippen molar-refractivity contribution in [3.63, 3.8) is 0 Å². The van der Waals surface area contributed by atoms with Gasteiger partial charge in [0.25, 0.3) is 10.1 Å². The van der Waals surface area contributed by atoms with E-state index < -0.39 is 21.5 Å². The molecule has 0 radical (unpaired) electrons. The number of ether oxygens (including phenoxy) is 5. The van der Waals surface area contributed by atoms with Gasteiger partial charge in [0.05, 0.1) is 62.1 Å². The third-order valence-corrected chi connectivity index (χ3v) is 13.4. The first kappa shape index (κ1) is 50.9. The third-order valence-electron chi connectivity index (χ3n) is 12.5. The fourth-order valence-corrected chi connectivity index (χ4v) is 9.58. The van der Waals surface area contributed by atoms with Crippen LogP contribution in [0.25, 0.3) is 16.9 Å². The number of anilines is 1. The van der Waals surface area contributed by atoms with Crippen molar-refractivity contribution in [1.82, 2.24) is 4.73 Å². The summed E-state index contributed by atoms with van der Waals surface area (Å²) in [4.78, 5) is 19.8. The molecule has 3 aliphatic heterocycles. The zero-order chi connectivity index (χ0) is 49.3. The molecular weight excluding hydrogens is 903 g/mol. The molecule has 3 aliphatic rings. The Bertz CT molecular complexity index is 2750. The highest BCUT2D eigenvalue weighted by molar-refractivity contribution is 7.85. The predicted molar refractivity (Wildman–Crippen MR) is 265 cm³/mol. The molecule has 0 bridgehead atoms. The SMILES string of the molecule is COCCOCCOCCOCCN1c2cc3c(cc2C(C)=CC1(C)C)C(=CC=CC1=[N+](CCCCCC(=O)On2c(O)ccc2O)c2ccc(S(=O)(=O)O)cc2C1(C)C)C=C(c1ccccc1)O3. The number of hydrogen-bond acceptors (Lipinski definition) is 12. The van der Waals surface area contributed by atoms with Gasteiger partial charge in [-0.15, -0.1) is 4.73 Å². The molecule has 7 rings (SSSR count). The molecule has 368 valence electrons. The van der Waals surface area contributed by atoms with Crippen molar-refractivity contribution in [2.45, 2.75) is 76.2 Å². The van der Waals surface area contributed by atoms with Gasteiger partial charge in [-0.1, -0.05) is 48.6 Å². The van der Waals surface area contributed by atoms with E-state index in [0.717, 1.165) is 56.2 Å². The third kappa shape index (κ3) is 12.1. The van der Waals surface area contributed by atoms with Crippen LogP contribution in [0, 0.1) is 0 Å². The van der Waals surface area contributed by atoms with E-state index in [1.807, 2.05) is 56.3 Å². The van der Waals surface area contributed by atoms with E-state index in [2.05, 4.69) is 60.6 Å². The molecule has 3 aromatic carbocycles. The number of nitrogens with zero attached hydrogens (tertiary/aromatic N) is 3. The molecule has 4 aromatic rings. The van der Waals surface area contributed by atoms with Gasteiger partial charge < -0.3 is 43.6 Å². The lowest BCUT2D eigenvalue weighted by Gasteiger charge is -2.44. The fraction of sp³-hybridized carbons (Fsp3) is 0.396. The maximum Gasteiger partial charge on any atom is 0.333 e. The topological polar surface area (TPSA) is 178 Å². The van der Waals surface area contributed by atoms with Gasteiger partial charge in [-0.3, -0.25) is 4.55 Å². The van der Waals surface area contributed by atoms with Crippen LogP contribution in [0.5, 0.6) is 17.5 Å². The molecule has 0 unspecified atom stereocenters. The summed E-state index contributed by atoms with van der Waals surface area (Å²) < 4.78 is 66.4. The summed E-state index contributed by atoms with van der Waals surface area (Å²) in [6.45, 7) is 15.3. The van der Waals surface area contributed by atoms with Crippen LogP contribution in [0.15, 0.2) is 108 Å². The summed E-state index contributed by atoms with van der Waals surface area (Å²) in [6.07, 6.45) is 12.4. The molecule has 15 nitrogen and oxygen atoms in total. The van der Waals surface area contributed by atoms with Crippen LogP contribution in [0.3, 0.4) is 0 Å². The summed E-state index contributed by atoms with van der Waals surface area (Å²) in [5, 5.41) is 19.7. The predicted octanol–water partition coefficient (Wildman–Crippen LogP) is 8.51. The van der Waals surface area contributed by atoms with Gasteiger partial charge in [0, 0.05) is 84.8 Å². The molecule has 0 atom stereocenters. The van der Waals surface area contributed by atoms with Crippen molar-refractivity contribution in [2.75, 3.05) is 71.3 Å². The van der Waals surface area contributed by atoms with E-state index in [4.69, 9.17) is 28.5 Å². The van der Waals surface area contributed by atoms with Crippen molar-refractivity contribution in [3.8, 4) is 17.5 Å². The smallest absolute Gasteiger partial charge is 0.333 e. The van der Waals surface area contributed by atoms with Crippen molar-refractivity contribution >= 4 is 50.1 Å². The highest BCUT2D eigenvalue weighted by atomic mass is 32.2. The number of unbranched alkanes of at least 4 members (excludes halogenated alkanes) is 2. The fourth-order valence-electron chi connectivity index (χ4n) is 9.07. The van der Waals surface area contributed by atoms with Gasteiger partial charge in [-0.2, -0.15) is 13.0 Å². The number of carbonyl (C=O) groups excluding carboxylic acids is 1. The standard InChI is InChI=1S/C53H63N3O12S/c1-37-36-52(2,3)55(24-25-64-28-29-66-31-30-65-27-26-63-6)45-35-47-42(34-41(37)45)39(32-46(67-47)38-14-9-7-10-15-38)16-13-17-48-53(4,5)43-33-40(69(60,61)62)19-20-44(43)54(48)23-12-8-11-18-51(59)68-56-49(57)21-22-50(56)58/h7,9-10,13-17,19-22,32-36H,8,11-12,18,23-31H2,1-6H3,(H2-,57,58,60,61,62)/p+1. The second-order valence-corrected chi connectivity index (χ2v) is 19.6. The zero-order valence-corrected chi connectivity index (χ0v) is 41.1. The van der Waals surface area contributed by atoms with Crippen LogP contribution < -0.4 is 14.5 Å². The van der Waals surface area contributed by atoms with Crippen molar-refractivity contribution < 1.29 is 61.1 Å². The number of allylic oxidation sites excluding steroid dienone is 6. The summed E-state index contributed by atoms with van der Waals surface area (Å²) in [6, 6.07) is 21.4. The van der Waals surface area contributed by atoms with Crippen LogP contribution in [0.2, 0.25) is 0 Å². The largest absolute Gasteiger partial charge is 0.492 e. The Labute approximate surface area is 404 Å². The van der Waals surface area contributed by atoms with Crippen LogP contribution in [-0.4, -0.2) is 116 Å². The van der Waals surface area contributed by atoms with Crippen LogP contribution in [0.4, 0.5) is 11.4 Å². The molecule has 16 heteroatoms. The minimum Gasteiger partial charge on any atom is -0.492 e. The lowest BCUT2D eigenvalue weighted by molar-refractivity contribution is -0.438. The second kappa shape index (κ2) is 22.2. The Kier molecular flexibility index (Phi) is 16.3. The maximum atomic E-state index is 12.5. The molecule has 0 spiro atoms. The Balaban J connectivity index is 1.14. The molecule has 0 fully saturated rings. The molecule has 4 heterocycles. The first-order valence-electron chi connectivity index (χ1n) is 23.3. The van der Waals surface area contributed by atoms with Gasteiger partial charge in [-0.05, 0) is 82.9 Å². The van der Waals surface area contributed by atoms with E-state index in [1.54, 1.807) is 13.2 Å². The van der Waals surface area contributed by atoms with E-state index in [1.165, 1.54) is 24.3 Å². The quantitative estimate of drug-likeness (QED) is 0.0367. The summed E-state index contributed by atoms with van der Waals surface area (Å²) in [5.41, 5.74) is 7.61. The minimum absolute atomic E-state index is 0.0662. The van der Waals surface area contributed by atoms with Gasteiger partial charge in [0.2, 0.25) is 17.4 Å². The minimum atomic E-state index is -4.46. The summed E-state index contributed by atoms with van der Waals surface area (Å²) in [7, 11) is -2.82. The van der Waals surface area contributed by atoms with Crippen LogP contribution >= 0.6 is 0 Å². The number of rotatable bonds is 23. The summed E-state index contributed by atoms with van der Waals surface area (Å²) >= 11 is 0. The number of aromatic hydroxyl groups is 2. The number of benzene rings is 3. The number of carbonyl (C=O) groups is 1. The molecule has 0 saturated heterocycles. The average Bonchev–Trinajstić information content (AvgIpc) is 3.73. The van der Waals surface area contributed by atoms with Crippen molar-refractivity contribution in [1.29, 1.82) is 0 Å².